The maximum absolute atomic E-state index is 14.3. The molecular weight excluding hydrogens is 758 g/mol. The number of carbonyl (C=O) groups excluding carboxylic acids is 2. The van der Waals surface area contributed by atoms with E-state index in [0.717, 1.165) is 60.3 Å². The van der Waals surface area contributed by atoms with Gasteiger partial charge in [-0.2, -0.15) is 0 Å². The van der Waals surface area contributed by atoms with Crippen LogP contribution in [0.2, 0.25) is 6.32 Å². The fourth-order valence-corrected chi connectivity index (χ4v) is 9.37. The van der Waals surface area contributed by atoms with Gasteiger partial charge in [0.2, 0.25) is 11.8 Å². The SMILES string of the molecule is COc1cc(/C=C(/CC[C@H]2OB(O)C[C@H]3C2=C(CO)C[C@H]2C(=O)N(C4CCN(Cc5ccccc5)CC4)C(=O)[C@H]23)c2ccccc2)cc(I)c1O. The molecule has 2 amide bonds. The van der Waals surface area contributed by atoms with Crippen molar-refractivity contribution in [1.29, 1.82) is 0 Å². The molecule has 0 saturated carbocycles. The first-order valence-corrected chi connectivity index (χ1v) is 19.0. The number of piperidine rings is 1. The van der Waals surface area contributed by atoms with Crippen molar-refractivity contribution in [3.63, 3.8) is 0 Å². The summed E-state index contributed by atoms with van der Waals surface area (Å²) in [6.07, 6.45) is 4.62. The Hall–Kier alpha value is -3.49. The number of likely N-dealkylation sites (tertiary alicyclic amines) is 2. The van der Waals surface area contributed by atoms with E-state index in [2.05, 4.69) is 45.7 Å². The van der Waals surface area contributed by atoms with Crippen molar-refractivity contribution in [2.45, 2.75) is 57.1 Å². The fraction of sp³-hybridized carbons (Fsp3) is 0.400. The van der Waals surface area contributed by atoms with Crippen molar-refractivity contribution >= 4 is 53.2 Å². The Balaban J connectivity index is 1.11. The van der Waals surface area contributed by atoms with Crippen LogP contribution in [0.4, 0.5) is 0 Å². The lowest BCUT2D eigenvalue weighted by Crippen LogP contribution is -2.48. The number of halogens is 1. The van der Waals surface area contributed by atoms with Crippen LogP contribution in [-0.4, -0.2) is 82.9 Å². The topological polar surface area (TPSA) is 120 Å². The van der Waals surface area contributed by atoms with Crippen LogP contribution in [0.25, 0.3) is 11.6 Å². The summed E-state index contributed by atoms with van der Waals surface area (Å²) in [4.78, 5) is 32.2. The van der Waals surface area contributed by atoms with Gasteiger partial charge in [-0.25, -0.2) is 0 Å². The number of methoxy groups -OCH3 is 1. The molecule has 3 fully saturated rings. The van der Waals surface area contributed by atoms with Crippen LogP contribution in [0.15, 0.2) is 83.9 Å². The number of amides is 2. The number of carbonyl (C=O) groups is 2. The molecule has 7 rings (SSSR count). The van der Waals surface area contributed by atoms with Gasteiger partial charge >= 0.3 is 7.12 Å². The van der Waals surface area contributed by atoms with Gasteiger partial charge in [0, 0.05) is 25.7 Å². The number of phenols is 1. The molecule has 3 saturated heterocycles. The van der Waals surface area contributed by atoms with Gasteiger partial charge < -0.3 is 24.6 Å². The number of phenolic OH excluding ortho intramolecular Hbond substituents is 1. The van der Waals surface area contributed by atoms with Gasteiger partial charge in [-0.15, -0.1) is 0 Å². The maximum Gasteiger partial charge on any atom is 0.455 e. The molecule has 4 aliphatic rings. The second kappa shape index (κ2) is 15.6. The van der Waals surface area contributed by atoms with E-state index < -0.39 is 25.1 Å². The monoisotopic (exact) mass is 802 g/mol. The highest BCUT2D eigenvalue weighted by molar-refractivity contribution is 14.1. The summed E-state index contributed by atoms with van der Waals surface area (Å²) in [5.41, 5.74) is 5.79. The molecule has 4 atom stereocenters. The molecule has 0 spiro atoms. The summed E-state index contributed by atoms with van der Waals surface area (Å²) in [7, 11) is 0.435. The predicted octanol–water partition coefficient (Wildman–Crippen LogP) is 5.78. The molecule has 51 heavy (non-hydrogen) atoms. The third kappa shape index (κ3) is 7.41. The third-order valence-corrected chi connectivity index (χ3v) is 12.0. The largest absolute Gasteiger partial charge is 0.504 e. The average molecular weight is 803 g/mol. The average Bonchev–Trinajstić information content (AvgIpc) is 3.40. The molecule has 266 valence electrons. The smallest absolute Gasteiger partial charge is 0.455 e. The van der Waals surface area contributed by atoms with E-state index in [9.17, 15) is 24.8 Å². The standard InChI is InChI=1S/C40H44BIN2O7/c1-50-35-20-26(19-33(42)38(35)46)18-28(27-10-6-3-7-11-27)12-13-34-36-29(24-45)21-31-37(32(36)22-41(49)51-34)40(48)44(39(31)47)30-14-16-43(17-15-30)23-25-8-4-2-5-9-25/h2-11,18-20,30-32,34,37,45-46,49H,12-17,21-24H2,1H3/b28-18-/t31-,32+,34-,37-/m1/s1. The van der Waals surface area contributed by atoms with Crippen LogP contribution in [0.1, 0.15) is 48.8 Å². The molecule has 9 nitrogen and oxygen atoms in total. The number of aliphatic hydroxyl groups is 1. The number of allylic oxidation sites excluding steroid dienone is 1. The van der Waals surface area contributed by atoms with Crippen molar-refractivity contribution in [2.24, 2.45) is 17.8 Å². The Morgan fingerprint density at radius 3 is 2.41 bits per heavy atom. The molecule has 3 aromatic carbocycles. The van der Waals surface area contributed by atoms with Gasteiger partial charge in [0.25, 0.3) is 0 Å². The molecule has 0 radical (unpaired) electrons. The van der Waals surface area contributed by atoms with Crippen LogP contribution >= 0.6 is 22.6 Å². The molecule has 3 aromatic rings. The molecule has 3 N–H and O–H groups in total. The first kappa shape index (κ1) is 35.9. The van der Waals surface area contributed by atoms with Crippen LogP contribution in [0.3, 0.4) is 0 Å². The lowest BCUT2D eigenvalue weighted by molar-refractivity contribution is -0.144. The highest BCUT2D eigenvalue weighted by atomic mass is 127. The summed E-state index contributed by atoms with van der Waals surface area (Å²) in [5, 5.41) is 32.1. The Bertz CT molecular complexity index is 1810. The molecule has 3 heterocycles. The van der Waals surface area contributed by atoms with Gasteiger partial charge in [-0.1, -0.05) is 66.7 Å². The van der Waals surface area contributed by atoms with Crippen molar-refractivity contribution < 1.29 is 34.2 Å². The zero-order valence-electron chi connectivity index (χ0n) is 28.8. The van der Waals surface area contributed by atoms with Gasteiger partial charge in [-0.05, 0) is 112 Å². The van der Waals surface area contributed by atoms with Crippen LogP contribution in [0.5, 0.6) is 11.5 Å². The number of ether oxygens (including phenoxy) is 1. The number of imide groups is 1. The molecule has 1 aliphatic carbocycles. The lowest BCUT2D eigenvalue weighted by atomic mass is 9.58. The van der Waals surface area contributed by atoms with Crippen molar-refractivity contribution in [1.82, 2.24) is 9.80 Å². The van der Waals surface area contributed by atoms with E-state index in [1.165, 1.54) is 12.7 Å². The number of benzene rings is 3. The second-order valence-electron chi connectivity index (χ2n) is 14.1. The minimum Gasteiger partial charge on any atom is -0.504 e. The Kier molecular flexibility index (Phi) is 11.0. The third-order valence-electron chi connectivity index (χ3n) is 11.1. The Morgan fingerprint density at radius 1 is 1.02 bits per heavy atom. The molecule has 0 unspecified atom stereocenters. The zero-order chi connectivity index (χ0) is 35.6. The quantitative estimate of drug-likeness (QED) is 0.0777. The number of aliphatic hydroxyl groups excluding tert-OH is 1. The molecule has 0 aromatic heterocycles. The molecule has 11 heteroatoms. The number of rotatable bonds is 10. The van der Waals surface area contributed by atoms with Crippen molar-refractivity contribution in [3.05, 3.63) is 104 Å². The number of hydrogen-bond donors (Lipinski definition) is 3. The van der Waals surface area contributed by atoms with E-state index in [-0.39, 0.29) is 42.5 Å². The van der Waals surface area contributed by atoms with Gasteiger partial charge in [0.1, 0.15) is 0 Å². The van der Waals surface area contributed by atoms with Crippen molar-refractivity contribution in [2.75, 3.05) is 26.8 Å². The van der Waals surface area contributed by atoms with Crippen LogP contribution in [-0.2, 0) is 20.8 Å². The minimum atomic E-state index is -1.09. The summed E-state index contributed by atoms with van der Waals surface area (Å²) in [6.45, 7) is 2.24. The highest BCUT2D eigenvalue weighted by Gasteiger charge is 2.58. The normalized spacial score (nSPS) is 24.6. The van der Waals surface area contributed by atoms with E-state index >= 15 is 0 Å². The number of fused-ring (bicyclic) bond motifs is 3. The van der Waals surface area contributed by atoms with Gasteiger partial charge in [0.05, 0.1) is 35.2 Å². The Labute approximate surface area is 313 Å². The van der Waals surface area contributed by atoms with Gasteiger partial charge in [-0.3, -0.25) is 19.4 Å². The van der Waals surface area contributed by atoms with E-state index in [0.29, 0.717) is 28.6 Å². The summed E-state index contributed by atoms with van der Waals surface area (Å²) in [6, 6.07) is 23.9. The number of nitrogens with zero attached hydrogens (tertiary/aromatic N) is 2. The summed E-state index contributed by atoms with van der Waals surface area (Å²) < 4.78 is 12.3. The molecular formula is C40H44BIN2O7. The van der Waals surface area contributed by atoms with Gasteiger partial charge in [0.15, 0.2) is 11.5 Å². The van der Waals surface area contributed by atoms with E-state index in [4.69, 9.17) is 9.39 Å². The zero-order valence-corrected chi connectivity index (χ0v) is 30.9. The van der Waals surface area contributed by atoms with Crippen molar-refractivity contribution in [3.8, 4) is 11.5 Å². The first-order chi connectivity index (χ1) is 24.7. The lowest BCUT2D eigenvalue weighted by Gasteiger charge is -2.43. The van der Waals surface area contributed by atoms with Crippen LogP contribution < -0.4 is 4.74 Å². The predicted molar refractivity (Wildman–Crippen MR) is 204 cm³/mol. The van der Waals surface area contributed by atoms with E-state index in [1.807, 2.05) is 54.6 Å². The fourth-order valence-electron chi connectivity index (χ4n) is 8.74. The number of hydrogen-bond acceptors (Lipinski definition) is 8. The second-order valence-corrected chi connectivity index (χ2v) is 15.3. The van der Waals surface area contributed by atoms with E-state index in [1.54, 1.807) is 11.0 Å². The number of aromatic hydroxyl groups is 1. The first-order valence-electron chi connectivity index (χ1n) is 17.9. The summed E-state index contributed by atoms with van der Waals surface area (Å²) in [5.74, 6) is -1.28. The Morgan fingerprint density at radius 2 is 1.73 bits per heavy atom. The summed E-state index contributed by atoms with van der Waals surface area (Å²) >= 11 is 2.09. The van der Waals surface area contributed by atoms with Crippen LogP contribution in [0, 0.1) is 21.3 Å². The molecule has 0 bridgehead atoms. The molecule has 3 aliphatic heterocycles. The minimum absolute atomic E-state index is 0.0956. The highest BCUT2D eigenvalue weighted by Crippen LogP contribution is 2.51. The maximum atomic E-state index is 14.3.